The monoisotopic (exact) mass is 584 g/mol. The first-order chi connectivity index (χ1) is 14.9. The Kier molecular flexibility index (Phi) is 4.76. The van der Waals surface area contributed by atoms with E-state index in [0.717, 1.165) is 55.5 Å². The molecular weight excluding hydrogens is 568 g/mol. The number of nitrogens with zero attached hydrogens (tertiary/aromatic N) is 3. The van der Waals surface area contributed by atoms with Gasteiger partial charge in [-0.3, -0.25) is 9.36 Å². The van der Waals surface area contributed by atoms with Crippen molar-refractivity contribution < 1.29 is 14.3 Å². The lowest BCUT2D eigenvalue weighted by atomic mass is 10.3. The molecule has 1 N–H and O–H groups in total. The number of rotatable bonds is 0. The molecule has 2 fully saturated rings. The van der Waals surface area contributed by atoms with Gasteiger partial charge in [0.15, 0.2) is 5.82 Å². The molecule has 5 heterocycles. The van der Waals surface area contributed by atoms with Gasteiger partial charge in [0.2, 0.25) is 0 Å². The number of aryl methyl sites for hydroxylation is 1. The van der Waals surface area contributed by atoms with Crippen molar-refractivity contribution in [3.05, 3.63) is 42.5 Å². The van der Waals surface area contributed by atoms with E-state index in [2.05, 4.69) is 58.0 Å². The fourth-order valence-corrected chi connectivity index (χ4v) is 7.16. The highest BCUT2D eigenvalue weighted by Gasteiger charge is 2.53. The van der Waals surface area contributed by atoms with E-state index in [4.69, 9.17) is 9.47 Å². The molecule has 31 heavy (non-hydrogen) atoms. The lowest BCUT2D eigenvalue weighted by Crippen LogP contribution is -2.29. The molecule has 2 saturated carbocycles. The van der Waals surface area contributed by atoms with Crippen molar-refractivity contribution in [1.82, 2.24) is 14.8 Å². The fourth-order valence-electron chi connectivity index (χ4n) is 3.93. The average Bonchev–Trinajstić information content (AvgIpc) is 3.61. The number of thiophene rings is 2. The van der Waals surface area contributed by atoms with Gasteiger partial charge >= 0.3 is 0 Å². The molecule has 0 unspecified atom stereocenters. The van der Waals surface area contributed by atoms with Gasteiger partial charge in [-0.25, -0.2) is 0 Å². The molecule has 0 aromatic carbocycles. The lowest BCUT2D eigenvalue weighted by Gasteiger charge is -2.11. The molecule has 7 nitrogen and oxygen atoms in total. The zero-order valence-electron chi connectivity index (χ0n) is 16.5. The third-order valence-corrected chi connectivity index (χ3v) is 9.29. The first kappa shape index (κ1) is 20.5. The van der Waals surface area contributed by atoms with Crippen molar-refractivity contribution in [2.24, 2.45) is 0 Å². The summed E-state index contributed by atoms with van der Waals surface area (Å²) in [4.78, 5) is 11.7. The molecular formula is C20H18Br2N4O3S2. The Morgan fingerprint density at radius 2 is 1.65 bits per heavy atom. The van der Waals surface area contributed by atoms with Crippen LogP contribution in [0.5, 0.6) is 0 Å². The Hall–Kier alpha value is -1.11. The Morgan fingerprint density at radius 1 is 1.00 bits per heavy atom. The summed E-state index contributed by atoms with van der Waals surface area (Å²) >= 11 is 10.2. The quantitative estimate of drug-likeness (QED) is 0.380. The standard InChI is InChI=1S/C11H10BrN3OS.C9H8BrNO2S/c1-6-13-14-10-11(2-3-11)16-5-7-4-8(12)17-9(7)15(6)10;10-6-3-5-4-13-9(1-2-9)8(12)11-7(5)14-6/h4H,2-3,5H2,1H3;3H,1-2,4H2,(H,11,12). The zero-order chi connectivity index (χ0) is 21.4. The van der Waals surface area contributed by atoms with E-state index in [0.29, 0.717) is 13.2 Å². The molecule has 2 aliphatic heterocycles. The van der Waals surface area contributed by atoms with Crippen molar-refractivity contribution in [2.45, 2.75) is 57.0 Å². The van der Waals surface area contributed by atoms with Gasteiger partial charge in [0.25, 0.3) is 5.91 Å². The number of nitrogens with one attached hydrogen (secondary N) is 1. The van der Waals surface area contributed by atoms with Crippen LogP contribution in [0.15, 0.2) is 19.7 Å². The van der Waals surface area contributed by atoms with Crippen LogP contribution in [0.3, 0.4) is 0 Å². The molecule has 0 radical (unpaired) electrons. The number of carbonyl (C=O) groups excluding carboxylic acids is 1. The van der Waals surface area contributed by atoms with Crippen LogP contribution < -0.4 is 5.32 Å². The van der Waals surface area contributed by atoms with Crippen molar-refractivity contribution in [3.63, 3.8) is 0 Å². The second-order valence-corrected chi connectivity index (χ2v) is 13.1. The van der Waals surface area contributed by atoms with E-state index in [1.165, 1.54) is 10.6 Å². The van der Waals surface area contributed by atoms with Crippen LogP contribution in [0.4, 0.5) is 5.00 Å². The van der Waals surface area contributed by atoms with Crippen molar-refractivity contribution in [1.29, 1.82) is 0 Å². The maximum absolute atomic E-state index is 11.7. The van der Waals surface area contributed by atoms with Crippen LogP contribution in [0, 0.1) is 6.92 Å². The van der Waals surface area contributed by atoms with Gasteiger partial charge < -0.3 is 14.8 Å². The van der Waals surface area contributed by atoms with Crippen molar-refractivity contribution in [2.75, 3.05) is 5.32 Å². The Bertz CT molecular complexity index is 1210. The van der Waals surface area contributed by atoms with Gasteiger partial charge in [-0.1, -0.05) is 0 Å². The molecule has 4 aliphatic rings. The second kappa shape index (κ2) is 7.19. The van der Waals surface area contributed by atoms with Crippen LogP contribution in [0.1, 0.15) is 48.5 Å². The molecule has 2 spiro atoms. The molecule has 1 amide bonds. The minimum absolute atomic E-state index is 0.0191. The lowest BCUT2D eigenvalue weighted by molar-refractivity contribution is -0.130. The summed E-state index contributed by atoms with van der Waals surface area (Å²) in [6, 6.07) is 4.13. The number of carbonyl (C=O) groups is 1. The molecule has 7 rings (SSSR count). The summed E-state index contributed by atoms with van der Waals surface area (Å²) in [5, 5.41) is 13.6. The number of fused-ring (bicyclic) bond motifs is 5. The zero-order valence-corrected chi connectivity index (χ0v) is 21.3. The molecule has 0 bridgehead atoms. The number of ether oxygens (including phenoxy) is 2. The summed E-state index contributed by atoms with van der Waals surface area (Å²) < 4.78 is 16.0. The number of hydrogen-bond donors (Lipinski definition) is 1. The first-order valence-corrected chi connectivity index (χ1v) is 13.2. The number of hydrogen-bond acceptors (Lipinski definition) is 7. The van der Waals surface area contributed by atoms with E-state index in [1.807, 2.05) is 13.0 Å². The van der Waals surface area contributed by atoms with Crippen LogP contribution in [0.25, 0.3) is 5.00 Å². The fraction of sp³-hybridized carbons (Fsp3) is 0.450. The predicted octanol–water partition coefficient (Wildman–Crippen LogP) is 5.43. The molecule has 0 saturated heterocycles. The molecule has 3 aromatic rings. The first-order valence-electron chi connectivity index (χ1n) is 9.98. The number of amides is 1. The van der Waals surface area contributed by atoms with Crippen LogP contribution >= 0.6 is 54.5 Å². The molecule has 2 aliphatic carbocycles. The Morgan fingerprint density at radius 3 is 2.39 bits per heavy atom. The van der Waals surface area contributed by atoms with Crippen LogP contribution in [-0.2, 0) is 33.1 Å². The summed E-state index contributed by atoms with van der Waals surface area (Å²) in [5.74, 6) is 1.93. The molecule has 11 heteroatoms. The van der Waals surface area contributed by atoms with Gasteiger partial charge in [0.1, 0.15) is 27.0 Å². The second-order valence-electron chi connectivity index (χ2n) is 8.21. The number of anilines is 1. The van der Waals surface area contributed by atoms with Crippen molar-refractivity contribution >= 4 is 65.4 Å². The molecule has 3 aromatic heterocycles. The van der Waals surface area contributed by atoms with Crippen LogP contribution in [0.2, 0.25) is 0 Å². The summed E-state index contributed by atoms with van der Waals surface area (Å²) in [6.07, 6.45) is 3.83. The average molecular weight is 586 g/mol. The van der Waals surface area contributed by atoms with E-state index in [-0.39, 0.29) is 11.5 Å². The van der Waals surface area contributed by atoms with Gasteiger partial charge in [0.05, 0.1) is 20.8 Å². The van der Waals surface area contributed by atoms with Gasteiger partial charge in [0, 0.05) is 11.1 Å². The predicted molar refractivity (Wildman–Crippen MR) is 125 cm³/mol. The van der Waals surface area contributed by atoms with E-state index in [9.17, 15) is 4.79 Å². The van der Waals surface area contributed by atoms with Crippen molar-refractivity contribution in [3.8, 4) is 5.00 Å². The maximum Gasteiger partial charge on any atom is 0.257 e. The van der Waals surface area contributed by atoms with Gasteiger partial charge in [-0.05, 0) is 76.6 Å². The number of halogens is 2. The highest BCUT2D eigenvalue weighted by atomic mass is 79.9. The Labute approximate surface area is 203 Å². The van der Waals surface area contributed by atoms with Gasteiger partial charge in [-0.15, -0.1) is 32.9 Å². The molecule has 162 valence electrons. The maximum atomic E-state index is 11.7. The third kappa shape index (κ3) is 3.44. The topological polar surface area (TPSA) is 78.3 Å². The third-order valence-electron chi connectivity index (χ3n) is 6.03. The SMILES string of the molecule is Cc1nnc2n1-c1sc(Br)cc1COC21CC1.O=C1Nc2sc(Br)cc2COC12CC2. The van der Waals surface area contributed by atoms with E-state index < -0.39 is 5.60 Å². The number of aromatic nitrogens is 3. The van der Waals surface area contributed by atoms with Gasteiger partial charge in [-0.2, -0.15) is 0 Å². The minimum atomic E-state index is -0.495. The summed E-state index contributed by atoms with van der Waals surface area (Å²) in [5.41, 5.74) is 1.63. The Balaban J connectivity index is 0.000000122. The largest absolute Gasteiger partial charge is 0.362 e. The minimum Gasteiger partial charge on any atom is -0.362 e. The summed E-state index contributed by atoms with van der Waals surface area (Å²) in [6.45, 7) is 3.20. The van der Waals surface area contributed by atoms with E-state index >= 15 is 0 Å². The molecule has 0 atom stereocenters. The highest BCUT2D eigenvalue weighted by Crippen LogP contribution is 2.52. The highest BCUT2D eigenvalue weighted by molar-refractivity contribution is 9.11. The summed E-state index contributed by atoms with van der Waals surface area (Å²) in [7, 11) is 0. The van der Waals surface area contributed by atoms with Crippen LogP contribution in [-0.4, -0.2) is 26.3 Å². The normalized spacial score (nSPS) is 21.2. The van der Waals surface area contributed by atoms with E-state index in [1.54, 1.807) is 22.7 Å². The smallest absolute Gasteiger partial charge is 0.257 e.